The van der Waals surface area contributed by atoms with Gasteiger partial charge in [0.1, 0.15) is 5.82 Å². The van der Waals surface area contributed by atoms with Crippen LogP contribution in [0.15, 0.2) is 46.9 Å². The van der Waals surface area contributed by atoms with Crippen LogP contribution in [-0.2, 0) is 0 Å². The number of carbonyl (C=O) groups excluding carboxylic acids is 1. The minimum Gasteiger partial charge on any atom is -0.478 e. The van der Waals surface area contributed by atoms with Crippen molar-refractivity contribution >= 4 is 33.5 Å². The molecule has 0 heterocycles. The molecule has 108 valence electrons. The number of carboxylic acids is 1. The molecule has 0 saturated heterocycles. The average Bonchev–Trinajstić information content (AvgIpc) is 2.48. The average molecular weight is 352 g/mol. The Kier molecular flexibility index (Phi) is 4.37. The molecule has 0 bridgehead atoms. The fourth-order valence-corrected chi connectivity index (χ4v) is 2.15. The van der Waals surface area contributed by atoms with E-state index in [-0.39, 0.29) is 11.1 Å². The Bertz CT molecular complexity index is 701. The predicted molar refractivity (Wildman–Crippen MR) is 80.2 cm³/mol. The van der Waals surface area contributed by atoms with Crippen molar-refractivity contribution in [1.82, 2.24) is 0 Å². The maximum atomic E-state index is 13.7. The molecule has 0 fully saturated rings. The summed E-state index contributed by atoms with van der Waals surface area (Å²) < 4.78 is 14.3. The number of carboxylic acid groups (broad SMARTS) is 1. The molecular weight excluding hydrogens is 341 g/mol. The minimum atomic E-state index is -1.05. The Hall–Kier alpha value is -2.21. The van der Waals surface area contributed by atoms with E-state index in [0.717, 1.165) is 0 Å². The number of rotatable bonds is 3. The number of amides is 1. The first-order valence-corrected chi connectivity index (χ1v) is 6.76. The zero-order valence-corrected chi connectivity index (χ0v) is 12.6. The van der Waals surface area contributed by atoms with Crippen molar-refractivity contribution in [2.24, 2.45) is 0 Å². The first-order chi connectivity index (χ1) is 9.90. The van der Waals surface area contributed by atoms with Crippen LogP contribution in [0.2, 0.25) is 0 Å². The van der Waals surface area contributed by atoms with Gasteiger partial charge in [0.25, 0.3) is 5.91 Å². The van der Waals surface area contributed by atoms with E-state index in [1.54, 1.807) is 0 Å². The van der Waals surface area contributed by atoms with Crippen molar-refractivity contribution in [2.75, 3.05) is 11.9 Å². The van der Waals surface area contributed by atoms with E-state index in [4.69, 9.17) is 5.11 Å². The largest absolute Gasteiger partial charge is 0.478 e. The van der Waals surface area contributed by atoms with Crippen LogP contribution in [0.5, 0.6) is 0 Å². The van der Waals surface area contributed by atoms with Gasteiger partial charge in [0.2, 0.25) is 0 Å². The quantitative estimate of drug-likeness (QED) is 0.919. The molecular formula is C15H11BrFNO3. The second kappa shape index (κ2) is 6.05. The summed E-state index contributed by atoms with van der Waals surface area (Å²) in [5.74, 6) is -2.18. The fraction of sp³-hybridized carbons (Fsp3) is 0.0667. The highest BCUT2D eigenvalue weighted by Crippen LogP contribution is 2.21. The number of halogens is 2. The van der Waals surface area contributed by atoms with E-state index >= 15 is 0 Å². The summed E-state index contributed by atoms with van der Waals surface area (Å²) in [4.78, 5) is 24.3. The zero-order chi connectivity index (χ0) is 15.6. The topological polar surface area (TPSA) is 57.6 Å². The van der Waals surface area contributed by atoms with Crippen LogP contribution in [0, 0.1) is 5.82 Å². The number of aromatic carboxylic acids is 1. The molecule has 0 radical (unpaired) electrons. The maximum absolute atomic E-state index is 13.7. The zero-order valence-electron chi connectivity index (χ0n) is 11.0. The summed E-state index contributed by atoms with van der Waals surface area (Å²) in [6, 6.07) is 9.89. The molecule has 6 heteroatoms. The third kappa shape index (κ3) is 3.28. The van der Waals surface area contributed by atoms with Crippen LogP contribution < -0.4 is 4.90 Å². The van der Waals surface area contributed by atoms with Crippen molar-refractivity contribution in [3.8, 4) is 0 Å². The monoisotopic (exact) mass is 351 g/mol. The number of hydrogen-bond acceptors (Lipinski definition) is 2. The molecule has 0 aliphatic rings. The molecule has 1 N–H and O–H groups in total. The third-order valence-corrected chi connectivity index (χ3v) is 3.46. The van der Waals surface area contributed by atoms with Gasteiger partial charge in [-0.05, 0) is 42.5 Å². The highest BCUT2D eigenvalue weighted by atomic mass is 79.9. The van der Waals surface area contributed by atoms with E-state index in [9.17, 15) is 14.0 Å². The molecule has 2 rings (SSSR count). The van der Waals surface area contributed by atoms with Crippen LogP contribution in [0.1, 0.15) is 20.7 Å². The van der Waals surface area contributed by atoms with Crippen molar-refractivity contribution in [3.05, 3.63) is 63.9 Å². The standard InChI is InChI=1S/C15H11BrFNO3/c1-18(11-5-2-9(3-6-11)15(20)21)14(19)12-8-10(16)4-7-13(12)17/h2-8H,1H3,(H,20,21). The first kappa shape index (κ1) is 15.2. The molecule has 2 aromatic rings. The van der Waals surface area contributed by atoms with Gasteiger partial charge in [0.05, 0.1) is 11.1 Å². The van der Waals surface area contributed by atoms with Crippen molar-refractivity contribution < 1.29 is 19.1 Å². The Morgan fingerprint density at radius 2 is 1.76 bits per heavy atom. The molecule has 0 saturated carbocycles. The summed E-state index contributed by atoms with van der Waals surface area (Å²) >= 11 is 3.19. The molecule has 2 aromatic carbocycles. The van der Waals surface area contributed by atoms with E-state index in [0.29, 0.717) is 10.2 Å². The van der Waals surface area contributed by atoms with Gasteiger partial charge in [0, 0.05) is 17.2 Å². The maximum Gasteiger partial charge on any atom is 0.335 e. The molecule has 1 amide bonds. The number of carbonyl (C=O) groups is 2. The number of anilines is 1. The molecule has 0 aliphatic heterocycles. The Labute approximate surface area is 128 Å². The normalized spacial score (nSPS) is 10.2. The molecule has 0 aliphatic carbocycles. The Balaban J connectivity index is 2.30. The van der Waals surface area contributed by atoms with Gasteiger partial charge in [-0.15, -0.1) is 0 Å². The number of hydrogen-bond donors (Lipinski definition) is 1. The van der Waals surface area contributed by atoms with Gasteiger partial charge < -0.3 is 10.0 Å². The number of benzene rings is 2. The molecule has 0 unspecified atom stereocenters. The summed E-state index contributed by atoms with van der Waals surface area (Å²) in [6.07, 6.45) is 0. The van der Waals surface area contributed by atoms with Gasteiger partial charge in [-0.25, -0.2) is 9.18 Å². The smallest absolute Gasteiger partial charge is 0.335 e. The fourth-order valence-electron chi connectivity index (χ4n) is 1.79. The van der Waals surface area contributed by atoms with E-state index in [1.165, 1.54) is 54.4 Å². The van der Waals surface area contributed by atoms with Gasteiger partial charge in [0.15, 0.2) is 0 Å². The predicted octanol–water partition coefficient (Wildman–Crippen LogP) is 3.56. The van der Waals surface area contributed by atoms with Crippen LogP contribution in [0.4, 0.5) is 10.1 Å². The lowest BCUT2D eigenvalue weighted by Gasteiger charge is -2.18. The summed E-state index contributed by atoms with van der Waals surface area (Å²) in [5.41, 5.74) is 0.534. The lowest BCUT2D eigenvalue weighted by molar-refractivity contribution is 0.0696. The second-order valence-corrected chi connectivity index (χ2v) is 5.26. The lowest BCUT2D eigenvalue weighted by Crippen LogP contribution is -2.27. The van der Waals surface area contributed by atoms with Crippen LogP contribution >= 0.6 is 15.9 Å². The van der Waals surface area contributed by atoms with E-state index in [1.807, 2.05) is 0 Å². The third-order valence-electron chi connectivity index (χ3n) is 2.97. The van der Waals surface area contributed by atoms with Gasteiger partial charge in [-0.1, -0.05) is 15.9 Å². The minimum absolute atomic E-state index is 0.0609. The summed E-state index contributed by atoms with van der Waals surface area (Å²) in [5, 5.41) is 8.83. The highest BCUT2D eigenvalue weighted by molar-refractivity contribution is 9.10. The van der Waals surface area contributed by atoms with Gasteiger partial charge in [-0.3, -0.25) is 4.79 Å². The Morgan fingerprint density at radius 1 is 1.14 bits per heavy atom. The molecule has 0 aromatic heterocycles. The molecule has 0 atom stereocenters. The molecule has 21 heavy (non-hydrogen) atoms. The van der Waals surface area contributed by atoms with Gasteiger partial charge >= 0.3 is 5.97 Å². The first-order valence-electron chi connectivity index (χ1n) is 5.96. The number of nitrogens with zero attached hydrogens (tertiary/aromatic N) is 1. The SMILES string of the molecule is CN(C(=O)c1cc(Br)ccc1F)c1ccc(C(=O)O)cc1. The summed E-state index contributed by atoms with van der Waals surface area (Å²) in [7, 11) is 1.50. The molecule has 0 spiro atoms. The van der Waals surface area contributed by atoms with Crippen LogP contribution in [0.25, 0.3) is 0 Å². The van der Waals surface area contributed by atoms with Crippen molar-refractivity contribution in [3.63, 3.8) is 0 Å². The highest BCUT2D eigenvalue weighted by Gasteiger charge is 2.18. The Morgan fingerprint density at radius 3 is 2.33 bits per heavy atom. The summed E-state index contributed by atoms with van der Waals surface area (Å²) in [6.45, 7) is 0. The second-order valence-electron chi connectivity index (χ2n) is 4.34. The van der Waals surface area contributed by atoms with Crippen LogP contribution in [0.3, 0.4) is 0 Å². The molecule has 4 nitrogen and oxygen atoms in total. The lowest BCUT2D eigenvalue weighted by atomic mass is 10.1. The van der Waals surface area contributed by atoms with E-state index < -0.39 is 17.7 Å². The van der Waals surface area contributed by atoms with E-state index in [2.05, 4.69) is 15.9 Å². The van der Waals surface area contributed by atoms with Crippen molar-refractivity contribution in [2.45, 2.75) is 0 Å². The van der Waals surface area contributed by atoms with Crippen molar-refractivity contribution in [1.29, 1.82) is 0 Å². The van der Waals surface area contributed by atoms with Crippen LogP contribution in [-0.4, -0.2) is 24.0 Å². The van der Waals surface area contributed by atoms with Gasteiger partial charge in [-0.2, -0.15) is 0 Å².